The van der Waals surface area contributed by atoms with Crippen LogP contribution in [0.4, 0.5) is 0 Å². The van der Waals surface area contributed by atoms with Crippen LogP contribution in [0.2, 0.25) is 0 Å². The third kappa shape index (κ3) is 2.15. The van der Waals surface area contributed by atoms with Crippen LogP contribution in [0.25, 0.3) is 22.5 Å². The molecule has 1 aliphatic carbocycles. The predicted molar refractivity (Wildman–Crippen MR) is 97.0 cm³/mol. The van der Waals surface area contributed by atoms with Crippen LogP contribution in [0.5, 0.6) is 0 Å². The Labute approximate surface area is 142 Å². The predicted octanol–water partition coefficient (Wildman–Crippen LogP) is 4.77. The smallest absolute Gasteiger partial charge is 0.163 e. The second-order valence-electron chi connectivity index (χ2n) is 7.19. The van der Waals surface area contributed by atoms with E-state index in [-0.39, 0.29) is 5.41 Å². The average molecular weight is 315 g/mol. The molecule has 0 saturated carbocycles. The highest BCUT2D eigenvalue weighted by Crippen LogP contribution is 2.49. The lowest BCUT2D eigenvalue weighted by Gasteiger charge is -2.22. The van der Waals surface area contributed by atoms with E-state index < -0.39 is 0 Å². The van der Waals surface area contributed by atoms with Gasteiger partial charge in [-0.1, -0.05) is 49.7 Å². The van der Waals surface area contributed by atoms with Crippen LogP contribution in [0.15, 0.2) is 36.4 Å². The second kappa shape index (κ2) is 4.97. The average Bonchev–Trinajstić information content (AvgIpc) is 2.74. The number of nitrogens with zero attached hydrogens (tertiary/aromatic N) is 3. The Morgan fingerprint density at radius 3 is 1.96 bits per heavy atom. The number of aromatic nitrogens is 3. The zero-order chi connectivity index (χ0) is 17.1. The van der Waals surface area contributed by atoms with Gasteiger partial charge < -0.3 is 0 Å². The summed E-state index contributed by atoms with van der Waals surface area (Å²) >= 11 is 0. The van der Waals surface area contributed by atoms with Crippen LogP contribution in [0.3, 0.4) is 0 Å². The van der Waals surface area contributed by atoms with Gasteiger partial charge in [0, 0.05) is 11.0 Å². The molecule has 0 radical (unpaired) electrons. The van der Waals surface area contributed by atoms with Crippen molar-refractivity contribution >= 4 is 0 Å². The van der Waals surface area contributed by atoms with Crippen molar-refractivity contribution in [2.45, 2.75) is 40.0 Å². The standard InChI is InChI=1S/C21H21N3/c1-12-6-8-16-17-9-7-15(20-23-13(2)22-14(3)24-20)11-19(17)21(4,5)18(16)10-12/h6-11H,1-5H3. The fourth-order valence-corrected chi connectivity index (χ4v) is 3.74. The van der Waals surface area contributed by atoms with Gasteiger partial charge in [-0.3, -0.25) is 0 Å². The summed E-state index contributed by atoms with van der Waals surface area (Å²) in [6, 6.07) is 13.3. The summed E-state index contributed by atoms with van der Waals surface area (Å²) < 4.78 is 0. The van der Waals surface area contributed by atoms with Gasteiger partial charge in [-0.2, -0.15) is 0 Å². The first-order chi connectivity index (χ1) is 11.4. The number of hydrogen-bond donors (Lipinski definition) is 0. The largest absolute Gasteiger partial charge is 0.219 e. The monoisotopic (exact) mass is 315 g/mol. The van der Waals surface area contributed by atoms with Crippen LogP contribution in [-0.4, -0.2) is 15.0 Å². The van der Waals surface area contributed by atoms with Gasteiger partial charge in [-0.15, -0.1) is 0 Å². The van der Waals surface area contributed by atoms with Crippen molar-refractivity contribution in [2.75, 3.05) is 0 Å². The molecular weight excluding hydrogens is 294 g/mol. The summed E-state index contributed by atoms with van der Waals surface area (Å²) in [4.78, 5) is 13.3. The molecule has 0 atom stereocenters. The highest BCUT2D eigenvalue weighted by atomic mass is 15.0. The SMILES string of the molecule is Cc1ccc2c(c1)C(C)(C)c1cc(-c3nc(C)nc(C)n3)ccc1-2. The number of hydrogen-bond acceptors (Lipinski definition) is 3. The Balaban J connectivity index is 1.92. The van der Waals surface area contributed by atoms with Gasteiger partial charge in [0.15, 0.2) is 5.82 Å². The summed E-state index contributed by atoms with van der Waals surface area (Å²) in [5.74, 6) is 2.28. The van der Waals surface area contributed by atoms with Gasteiger partial charge >= 0.3 is 0 Å². The van der Waals surface area contributed by atoms with Crippen LogP contribution >= 0.6 is 0 Å². The van der Waals surface area contributed by atoms with Crippen molar-refractivity contribution < 1.29 is 0 Å². The topological polar surface area (TPSA) is 38.7 Å². The molecule has 2 aromatic carbocycles. The molecule has 24 heavy (non-hydrogen) atoms. The number of benzene rings is 2. The molecule has 3 aromatic rings. The van der Waals surface area contributed by atoms with Crippen molar-refractivity contribution in [3.05, 3.63) is 64.7 Å². The van der Waals surface area contributed by atoms with Crippen LogP contribution in [-0.2, 0) is 5.41 Å². The Hall–Kier alpha value is -2.55. The summed E-state index contributed by atoms with van der Waals surface area (Å²) in [6.45, 7) is 10.6. The first-order valence-corrected chi connectivity index (χ1v) is 8.32. The lowest BCUT2D eigenvalue weighted by Crippen LogP contribution is -2.15. The first-order valence-electron chi connectivity index (χ1n) is 8.32. The van der Waals surface area contributed by atoms with Gasteiger partial charge in [-0.25, -0.2) is 15.0 Å². The molecule has 3 heteroatoms. The fourth-order valence-electron chi connectivity index (χ4n) is 3.74. The molecule has 0 amide bonds. The summed E-state index contributed by atoms with van der Waals surface area (Å²) in [5.41, 5.74) is 7.76. The number of aryl methyl sites for hydroxylation is 3. The lowest BCUT2D eigenvalue weighted by molar-refractivity contribution is 0.660. The molecule has 0 unspecified atom stereocenters. The molecule has 1 heterocycles. The van der Waals surface area contributed by atoms with E-state index in [2.05, 4.69) is 72.1 Å². The van der Waals surface area contributed by atoms with Crippen molar-refractivity contribution in [1.82, 2.24) is 15.0 Å². The minimum absolute atomic E-state index is 0.0101. The van der Waals surface area contributed by atoms with E-state index in [0.717, 1.165) is 23.0 Å². The van der Waals surface area contributed by atoms with E-state index in [4.69, 9.17) is 0 Å². The molecule has 0 N–H and O–H groups in total. The van der Waals surface area contributed by atoms with E-state index in [1.54, 1.807) is 0 Å². The third-order valence-corrected chi connectivity index (χ3v) is 4.95. The molecule has 1 aliphatic rings. The molecule has 120 valence electrons. The van der Waals surface area contributed by atoms with Crippen molar-refractivity contribution in [3.8, 4) is 22.5 Å². The zero-order valence-corrected chi connectivity index (χ0v) is 14.8. The zero-order valence-electron chi connectivity index (χ0n) is 14.8. The Morgan fingerprint density at radius 2 is 1.29 bits per heavy atom. The maximum Gasteiger partial charge on any atom is 0.163 e. The molecular formula is C21H21N3. The molecule has 0 spiro atoms. The molecule has 0 fully saturated rings. The summed E-state index contributed by atoms with van der Waals surface area (Å²) in [5, 5.41) is 0. The number of rotatable bonds is 1. The lowest BCUT2D eigenvalue weighted by atomic mass is 9.81. The van der Waals surface area contributed by atoms with Crippen molar-refractivity contribution in [2.24, 2.45) is 0 Å². The van der Waals surface area contributed by atoms with Gasteiger partial charge in [0.05, 0.1) is 0 Å². The highest BCUT2D eigenvalue weighted by Gasteiger charge is 2.35. The first kappa shape index (κ1) is 15.0. The van der Waals surface area contributed by atoms with Gasteiger partial charge in [0.1, 0.15) is 11.6 Å². The maximum atomic E-state index is 4.52. The third-order valence-electron chi connectivity index (χ3n) is 4.95. The molecule has 0 saturated heterocycles. The quantitative estimate of drug-likeness (QED) is 0.649. The molecule has 3 nitrogen and oxygen atoms in total. The van der Waals surface area contributed by atoms with Crippen molar-refractivity contribution in [1.29, 1.82) is 0 Å². The van der Waals surface area contributed by atoms with Crippen LogP contribution in [0.1, 0.15) is 42.2 Å². The van der Waals surface area contributed by atoms with Crippen molar-refractivity contribution in [3.63, 3.8) is 0 Å². The van der Waals surface area contributed by atoms with Gasteiger partial charge in [0.25, 0.3) is 0 Å². The van der Waals surface area contributed by atoms with Crippen LogP contribution in [0, 0.1) is 20.8 Å². The van der Waals surface area contributed by atoms with E-state index in [0.29, 0.717) is 0 Å². The van der Waals surface area contributed by atoms with E-state index in [1.807, 2.05) is 13.8 Å². The van der Waals surface area contributed by atoms with Gasteiger partial charge in [-0.05, 0) is 49.1 Å². The summed E-state index contributed by atoms with van der Waals surface area (Å²) in [7, 11) is 0. The molecule has 0 bridgehead atoms. The van der Waals surface area contributed by atoms with Gasteiger partial charge in [0.2, 0.25) is 0 Å². The Kier molecular flexibility index (Phi) is 3.11. The Morgan fingerprint density at radius 1 is 0.708 bits per heavy atom. The maximum absolute atomic E-state index is 4.52. The highest BCUT2D eigenvalue weighted by molar-refractivity contribution is 5.83. The molecule has 0 aliphatic heterocycles. The van der Waals surface area contributed by atoms with E-state index >= 15 is 0 Å². The minimum atomic E-state index is -0.0101. The number of fused-ring (bicyclic) bond motifs is 3. The molecule has 4 rings (SSSR count). The normalized spacial score (nSPS) is 14.4. The Bertz CT molecular complexity index is 951. The second-order valence-corrected chi connectivity index (χ2v) is 7.19. The van der Waals surface area contributed by atoms with E-state index in [9.17, 15) is 0 Å². The minimum Gasteiger partial charge on any atom is -0.219 e. The summed E-state index contributed by atoms with van der Waals surface area (Å²) in [6.07, 6.45) is 0. The molecule has 1 aromatic heterocycles. The van der Waals surface area contributed by atoms with E-state index in [1.165, 1.54) is 27.8 Å². The van der Waals surface area contributed by atoms with Crippen LogP contribution < -0.4 is 0 Å². The fraction of sp³-hybridized carbons (Fsp3) is 0.286.